The monoisotopic (exact) mass is 328 g/mol. The Morgan fingerprint density at radius 3 is 2.33 bits per heavy atom. The number of anilines is 1. The molecule has 24 heavy (non-hydrogen) atoms. The highest BCUT2D eigenvalue weighted by Gasteiger charge is 2.07. The van der Waals surface area contributed by atoms with Crippen LogP contribution in [0.1, 0.15) is 16.7 Å². The average molecular weight is 328 g/mol. The summed E-state index contributed by atoms with van der Waals surface area (Å²) in [4.78, 5) is 11.9. The fourth-order valence-electron chi connectivity index (χ4n) is 2.31. The zero-order valence-corrected chi connectivity index (χ0v) is 14.6. The Bertz CT molecular complexity index is 697. The Balaban J connectivity index is 1.78. The van der Waals surface area contributed by atoms with Crippen molar-refractivity contribution in [3.63, 3.8) is 0 Å². The molecule has 0 aromatic heterocycles. The Morgan fingerprint density at radius 1 is 1.00 bits per heavy atom. The maximum absolute atomic E-state index is 11.9. The summed E-state index contributed by atoms with van der Waals surface area (Å²) >= 11 is 0. The number of aryl methyl sites for hydroxylation is 2. The van der Waals surface area contributed by atoms with Crippen molar-refractivity contribution in [3.05, 3.63) is 53.1 Å². The van der Waals surface area contributed by atoms with Crippen LogP contribution in [0.2, 0.25) is 0 Å². The summed E-state index contributed by atoms with van der Waals surface area (Å²) in [6, 6.07) is 11.0. The first kappa shape index (κ1) is 17.7. The van der Waals surface area contributed by atoms with E-state index in [4.69, 9.17) is 9.47 Å². The van der Waals surface area contributed by atoms with Gasteiger partial charge in [-0.25, -0.2) is 4.79 Å². The van der Waals surface area contributed by atoms with Gasteiger partial charge in [0.2, 0.25) is 0 Å². The third kappa shape index (κ3) is 4.65. The Morgan fingerprint density at radius 2 is 1.67 bits per heavy atom. The molecule has 0 fully saturated rings. The molecule has 2 aromatic carbocycles. The van der Waals surface area contributed by atoms with Crippen LogP contribution in [0.4, 0.5) is 10.5 Å². The number of hydrogen-bond donors (Lipinski definition) is 2. The molecule has 2 aromatic rings. The van der Waals surface area contributed by atoms with Crippen LogP contribution in [-0.2, 0) is 0 Å². The second kappa shape index (κ2) is 8.24. The smallest absolute Gasteiger partial charge is 0.319 e. The van der Waals surface area contributed by atoms with E-state index in [1.807, 2.05) is 19.9 Å². The van der Waals surface area contributed by atoms with Crippen molar-refractivity contribution in [3.8, 4) is 11.5 Å². The Kier molecular flexibility index (Phi) is 6.07. The molecule has 0 aliphatic carbocycles. The third-order valence-electron chi connectivity index (χ3n) is 3.86. The van der Waals surface area contributed by atoms with Gasteiger partial charge in [-0.3, -0.25) is 0 Å². The third-order valence-corrected chi connectivity index (χ3v) is 3.86. The Labute approximate surface area is 143 Å². The van der Waals surface area contributed by atoms with Crippen molar-refractivity contribution in [2.75, 3.05) is 25.6 Å². The number of carbonyl (C=O) groups is 1. The molecule has 0 aliphatic heterocycles. The number of hydrogen-bond acceptors (Lipinski definition) is 3. The quantitative estimate of drug-likeness (QED) is 0.793. The minimum Gasteiger partial charge on any atom is -0.497 e. The molecule has 0 unspecified atom stereocenters. The highest BCUT2D eigenvalue weighted by molar-refractivity contribution is 5.89. The lowest BCUT2D eigenvalue weighted by molar-refractivity contribution is 0.247. The van der Waals surface area contributed by atoms with Gasteiger partial charge in [-0.15, -0.1) is 0 Å². The van der Waals surface area contributed by atoms with E-state index in [-0.39, 0.29) is 6.03 Å². The van der Waals surface area contributed by atoms with Crippen molar-refractivity contribution >= 4 is 11.7 Å². The van der Waals surface area contributed by atoms with Gasteiger partial charge >= 0.3 is 6.03 Å². The van der Waals surface area contributed by atoms with Crippen LogP contribution in [-0.4, -0.2) is 26.3 Å². The number of benzene rings is 2. The van der Waals surface area contributed by atoms with Gasteiger partial charge in [0.25, 0.3) is 0 Å². The fraction of sp³-hybridized carbons (Fsp3) is 0.316. The van der Waals surface area contributed by atoms with Gasteiger partial charge in [0.05, 0.1) is 13.7 Å². The van der Waals surface area contributed by atoms with Crippen LogP contribution >= 0.6 is 0 Å². The molecule has 0 saturated heterocycles. The summed E-state index contributed by atoms with van der Waals surface area (Å²) in [5.41, 5.74) is 4.14. The van der Waals surface area contributed by atoms with E-state index in [1.54, 1.807) is 31.4 Å². The molecule has 0 aliphatic rings. The molecule has 2 N–H and O–H groups in total. The maximum atomic E-state index is 11.9. The lowest BCUT2D eigenvalue weighted by Gasteiger charge is -2.14. The number of carbonyl (C=O) groups excluding carboxylic acids is 1. The van der Waals surface area contributed by atoms with Gasteiger partial charge in [-0.2, -0.15) is 0 Å². The number of rotatable bonds is 6. The molecule has 5 heteroatoms. The van der Waals surface area contributed by atoms with Gasteiger partial charge in [0, 0.05) is 5.69 Å². The van der Waals surface area contributed by atoms with Gasteiger partial charge in [0.15, 0.2) is 0 Å². The highest BCUT2D eigenvalue weighted by atomic mass is 16.5. The van der Waals surface area contributed by atoms with Crippen molar-refractivity contribution in [1.82, 2.24) is 5.32 Å². The van der Waals surface area contributed by atoms with E-state index < -0.39 is 0 Å². The predicted octanol–water partition coefficient (Wildman–Crippen LogP) is 3.82. The van der Waals surface area contributed by atoms with Gasteiger partial charge in [0.1, 0.15) is 18.1 Å². The molecule has 0 bridgehead atoms. The number of amides is 2. The molecule has 2 amide bonds. The highest BCUT2D eigenvalue weighted by Crippen LogP contribution is 2.25. The topological polar surface area (TPSA) is 59.6 Å². The van der Waals surface area contributed by atoms with Crippen LogP contribution in [0, 0.1) is 20.8 Å². The first-order valence-electron chi connectivity index (χ1n) is 7.89. The second-order valence-electron chi connectivity index (χ2n) is 5.61. The standard InChI is InChI=1S/C19H24N2O3/c1-13-5-6-14(2)18(15(13)3)24-12-11-20-19(22)21-16-7-9-17(23-4)10-8-16/h5-10H,11-12H2,1-4H3,(H2,20,21,22). The lowest BCUT2D eigenvalue weighted by Crippen LogP contribution is -2.32. The van der Waals surface area contributed by atoms with Crippen LogP contribution < -0.4 is 20.1 Å². The van der Waals surface area contributed by atoms with E-state index in [1.165, 1.54) is 5.56 Å². The molecule has 128 valence electrons. The number of ether oxygens (including phenoxy) is 2. The molecule has 0 saturated carbocycles. The van der Waals surface area contributed by atoms with Crippen LogP contribution in [0.3, 0.4) is 0 Å². The fourth-order valence-corrected chi connectivity index (χ4v) is 2.31. The molecule has 5 nitrogen and oxygen atoms in total. The lowest BCUT2D eigenvalue weighted by atomic mass is 10.1. The zero-order valence-electron chi connectivity index (χ0n) is 14.6. The number of urea groups is 1. The van der Waals surface area contributed by atoms with Gasteiger partial charge in [-0.05, 0) is 61.7 Å². The van der Waals surface area contributed by atoms with E-state index in [9.17, 15) is 4.79 Å². The van der Waals surface area contributed by atoms with Crippen LogP contribution in [0.15, 0.2) is 36.4 Å². The van der Waals surface area contributed by atoms with E-state index in [2.05, 4.69) is 23.6 Å². The molecule has 0 heterocycles. The minimum absolute atomic E-state index is 0.263. The summed E-state index contributed by atoms with van der Waals surface area (Å²) in [7, 11) is 1.60. The largest absolute Gasteiger partial charge is 0.497 e. The summed E-state index contributed by atoms with van der Waals surface area (Å²) < 4.78 is 10.9. The van der Waals surface area contributed by atoms with Crippen molar-refractivity contribution < 1.29 is 14.3 Å². The van der Waals surface area contributed by atoms with Crippen LogP contribution in [0.5, 0.6) is 11.5 Å². The summed E-state index contributed by atoms with van der Waals surface area (Å²) in [6.07, 6.45) is 0. The van der Waals surface area contributed by atoms with Gasteiger partial charge < -0.3 is 20.1 Å². The number of methoxy groups -OCH3 is 1. The van der Waals surface area contributed by atoms with Crippen molar-refractivity contribution in [2.45, 2.75) is 20.8 Å². The predicted molar refractivity (Wildman–Crippen MR) is 96.2 cm³/mol. The maximum Gasteiger partial charge on any atom is 0.319 e. The van der Waals surface area contributed by atoms with E-state index in [0.29, 0.717) is 18.8 Å². The number of nitrogens with one attached hydrogen (secondary N) is 2. The normalized spacial score (nSPS) is 10.2. The van der Waals surface area contributed by atoms with E-state index in [0.717, 1.165) is 22.6 Å². The van der Waals surface area contributed by atoms with E-state index >= 15 is 0 Å². The minimum atomic E-state index is -0.263. The average Bonchev–Trinajstić information content (AvgIpc) is 2.58. The molecule has 0 radical (unpaired) electrons. The molecular weight excluding hydrogens is 304 g/mol. The molecule has 0 atom stereocenters. The first-order chi connectivity index (χ1) is 11.5. The zero-order chi connectivity index (χ0) is 17.5. The van der Waals surface area contributed by atoms with Gasteiger partial charge in [-0.1, -0.05) is 12.1 Å². The molecule has 2 rings (SSSR count). The van der Waals surface area contributed by atoms with Crippen molar-refractivity contribution in [1.29, 1.82) is 0 Å². The summed E-state index contributed by atoms with van der Waals surface area (Å²) in [5, 5.41) is 5.54. The first-order valence-corrected chi connectivity index (χ1v) is 7.89. The summed E-state index contributed by atoms with van der Waals surface area (Å²) in [5.74, 6) is 1.64. The molecular formula is C19H24N2O3. The molecule has 0 spiro atoms. The van der Waals surface area contributed by atoms with Crippen molar-refractivity contribution in [2.24, 2.45) is 0 Å². The van der Waals surface area contributed by atoms with Crippen LogP contribution in [0.25, 0.3) is 0 Å². The Hall–Kier alpha value is -2.69. The SMILES string of the molecule is COc1ccc(NC(=O)NCCOc2c(C)ccc(C)c2C)cc1. The summed E-state index contributed by atoms with van der Waals surface area (Å²) in [6.45, 7) is 6.96. The second-order valence-corrected chi connectivity index (χ2v) is 5.61.